The number of aromatic nitrogens is 2. The zero-order valence-corrected chi connectivity index (χ0v) is 9.26. The van der Waals surface area contributed by atoms with Crippen LogP contribution >= 0.6 is 11.5 Å². The van der Waals surface area contributed by atoms with Crippen molar-refractivity contribution in [2.24, 2.45) is 0 Å². The first-order valence-corrected chi connectivity index (χ1v) is 6.34. The van der Waals surface area contributed by atoms with Crippen LogP contribution in [0.4, 0.5) is 9.52 Å². The molecule has 1 heterocycles. The lowest BCUT2D eigenvalue weighted by molar-refractivity contribution is 0.323. The van der Waals surface area contributed by atoms with E-state index in [0.29, 0.717) is 12.3 Å². The van der Waals surface area contributed by atoms with Gasteiger partial charge in [0.2, 0.25) is 5.13 Å². The molecule has 82 valence electrons. The minimum absolute atomic E-state index is 0.0370. The van der Waals surface area contributed by atoms with Gasteiger partial charge >= 0.3 is 0 Å². The highest BCUT2D eigenvalue weighted by Crippen LogP contribution is 2.39. The highest BCUT2D eigenvalue weighted by atomic mass is 32.1. The van der Waals surface area contributed by atoms with Crippen LogP contribution in [0.5, 0.6) is 0 Å². The van der Waals surface area contributed by atoms with Gasteiger partial charge in [0.15, 0.2) is 0 Å². The van der Waals surface area contributed by atoms with Gasteiger partial charge in [-0.3, -0.25) is 0 Å². The summed E-state index contributed by atoms with van der Waals surface area (Å²) in [4.78, 5) is 4.40. The van der Waals surface area contributed by atoms with E-state index in [1.165, 1.54) is 24.4 Å². The molecule has 15 heavy (non-hydrogen) atoms. The summed E-state index contributed by atoms with van der Waals surface area (Å²) in [7, 11) is 0. The van der Waals surface area contributed by atoms with Crippen molar-refractivity contribution in [1.29, 1.82) is 0 Å². The third-order valence-corrected chi connectivity index (χ3v) is 3.79. The summed E-state index contributed by atoms with van der Waals surface area (Å²) in [5.41, 5.74) is 0. The lowest BCUT2D eigenvalue weighted by Crippen LogP contribution is -2.24. The molecule has 0 bridgehead atoms. The molecule has 3 rings (SSSR count). The zero-order chi connectivity index (χ0) is 10.3. The molecular formula is C10H14FN3S. The minimum Gasteiger partial charge on any atom is -0.355 e. The van der Waals surface area contributed by atoms with Gasteiger partial charge in [0.25, 0.3) is 0 Å². The monoisotopic (exact) mass is 227 g/mol. The SMILES string of the molecule is FC1CCCC1Nc1nc(C2CC2)ns1. The number of rotatable bonds is 3. The van der Waals surface area contributed by atoms with Crippen LogP contribution in [0.15, 0.2) is 0 Å². The van der Waals surface area contributed by atoms with E-state index in [-0.39, 0.29) is 6.04 Å². The molecule has 1 N–H and O–H groups in total. The van der Waals surface area contributed by atoms with Crippen molar-refractivity contribution in [3.05, 3.63) is 5.82 Å². The van der Waals surface area contributed by atoms with E-state index in [4.69, 9.17) is 0 Å². The van der Waals surface area contributed by atoms with E-state index >= 15 is 0 Å². The van der Waals surface area contributed by atoms with Crippen LogP contribution in [-0.4, -0.2) is 21.6 Å². The molecule has 0 amide bonds. The van der Waals surface area contributed by atoms with E-state index in [0.717, 1.165) is 23.8 Å². The number of hydrogen-bond acceptors (Lipinski definition) is 4. The molecule has 2 fully saturated rings. The highest BCUT2D eigenvalue weighted by Gasteiger charge is 2.30. The second-order valence-electron chi connectivity index (χ2n) is 4.43. The Labute approximate surface area is 92.3 Å². The van der Waals surface area contributed by atoms with Crippen LogP contribution in [-0.2, 0) is 0 Å². The molecule has 2 unspecified atom stereocenters. The molecule has 0 aromatic carbocycles. The van der Waals surface area contributed by atoms with Gasteiger partial charge in [-0.25, -0.2) is 9.37 Å². The number of alkyl halides is 1. The minimum atomic E-state index is -0.710. The predicted molar refractivity (Wildman–Crippen MR) is 58.0 cm³/mol. The molecule has 2 atom stereocenters. The maximum absolute atomic E-state index is 13.3. The quantitative estimate of drug-likeness (QED) is 0.862. The molecule has 0 saturated heterocycles. The standard InChI is InChI=1S/C10H14FN3S/c11-7-2-1-3-8(7)12-10-13-9(14-15-10)6-4-5-6/h6-8H,1-5H2,(H,12,13,14). The number of halogens is 1. The summed E-state index contributed by atoms with van der Waals surface area (Å²) in [5.74, 6) is 1.54. The molecule has 3 nitrogen and oxygen atoms in total. The average Bonchev–Trinajstić information content (AvgIpc) is 2.86. The molecule has 0 spiro atoms. The van der Waals surface area contributed by atoms with Gasteiger partial charge < -0.3 is 5.32 Å². The summed E-state index contributed by atoms with van der Waals surface area (Å²) < 4.78 is 17.6. The fraction of sp³-hybridized carbons (Fsp3) is 0.800. The molecule has 2 aliphatic rings. The first-order chi connectivity index (χ1) is 7.33. The third-order valence-electron chi connectivity index (χ3n) is 3.12. The second-order valence-corrected chi connectivity index (χ2v) is 5.18. The lowest BCUT2D eigenvalue weighted by atomic mass is 10.2. The van der Waals surface area contributed by atoms with Crippen LogP contribution in [0.3, 0.4) is 0 Å². The van der Waals surface area contributed by atoms with E-state index in [2.05, 4.69) is 14.7 Å². The van der Waals surface area contributed by atoms with Gasteiger partial charge in [0.05, 0.1) is 6.04 Å². The number of hydrogen-bond donors (Lipinski definition) is 1. The molecule has 5 heteroatoms. The summed E-state index contributed by atoms with van der Waals surface area (Å²) in [6.07, 6.45) is 4.30. The number of anilines is 1. The molecule has 2 aliphatic carbocycles. The summed E-state index contributed by atoms with van der Waals surface area (Å²) in [5, 5.41) is 3.96. The average molecular weight is 227 g/mol. The van der Waals surface area contributed by atoms with Crippen molar-refractivity contribution in [3.8, 4) is 0 Å². The van der Waals surface area contributed by atoms with E-state index in [9.17, 15) is 4.39 Å². The summed E-state index contributed by atoms with van der Waals surface area (Å²) in [6, 6.07) is -0.0370. The Balaban J connectivity index is 1.65. The van der Waals surface area contributed by atoms with E-state index < -0.39 is 6.17 Å². The lowest BCUT2D eigenvalue weighted by Gasteiger charge is -2.12. The molecule has 0 radical (unpaired) electrons. The largest absolute Gasteiger partial charge is 0.355 e. The van der Waals surface area contributed by atoms with Crippen molar-refractivity contribution in [2.45, 2.75) is 50.2 Å². The van der Waals surface area contributed by atoms with Crippen LogP contribution < -0.4 is 5.32 Å². The Hall–Kier alpha value is -0.710. The van der Waals surface area contributed by atoms with Crippen LogP contribution in [0.1, 0.15) is 43.8 Å². The Morgan fingerprint density at radius 1 is 1.27 bits per heavy atom. The normalized spacial score (nSPS) is 30.7. The van der Waals surface area contributed by atoms with Crippen LogP contribution in [0, 0.1) is 0 Å². The Bertz CT molecular complexity index is 350. The van der Waals surface area contributed by atoms with Gasteiger partial charge in [-0.05, 0) is 32.1 Å². The van der Waals surface area contributed by atoms with E-state index in [1.807, 2.05) is 0 Å². The third kappa shape index (κ3) is 1.97. The molecule has 0 aliphatic heterocycles. The molecular weight excluding hydrogens is 213 g/mol. The van der Waals surface area contributed by atoms with Crippen LogP contribution in [0.25, 0.3) is 0 Å². The van der Waals surface area contributed by atoms with Gasteiger partial charge in [0, 0.05) is 17.5 Å². The summed E-state index contributed by atoms with van der Waals surface area (Å²) >= 11 is 1.37. The maximum Gasteiger partial charge on any atom is 0.202 e. The number of nitrogens with zero attached hydrogens (tertiary/aromatic N) is 2. The maximum atomic E-state index is 13.3. The summed E-state index contributed by atoms with van der Waals surface area (Å²) in [6.45, 7) is 0. The van der Waals surface area contributed by atoms with Crippen molar-refractivity contribution >= 4 is 16.7 Å². The van der Waals surface area contributed by atoms with Gasteiger partial charge in [-0.1, -0.05) is 0 Å². The van der Waals surface area contributed by atoms with Crippen molar-refractivity contribution in [2.75, 3.05) is 5.32 Å². The van der Waals surface area contributed by atoms with Crippen molar-refractivity contribution < 1.29 is 4.39 Å². The topological polar surface area (TPSA) is 37.8 Å². The Morgan fingerprint density at radius 2 is 2.13 bits per heavy atom. The fourth-order valence-corrected chi connectivity index (χ4v) is 2.75. The fourth-order valence-electron chi connectivity index (χ4n) is 2.04. The molecule has 1 aromatic heterocycles. The Morgan fingerprint density at radius 3 is 2.80 bits per heavy atom. The number of nitrogens with one attached hydrogen (secondary N) is 1. The van der Waals surface area contributed by atoms with Gasteiger partial charge in [0.1, 0.15) is 12.0 Å². The van der Waals surface area contributed by atoms with Crippen molar-refractivity contribution in [3.63, 3.8) is 0 Å². The highest BCUT2D eigenvalue weighted by molar-refractivity contribution is 7.09. The van der Waals surface area contributed by atoms with Crippen LogP contribution in [0.2, 0.25) is 0 Å². The first-order valence-electron chi connectivity index (χ1n) is 5.57. The van der Waals surface area contributed by atoms with Crippen molar-refractivity contribution in [1.82, 2.24) is 9.36 Å². The Kier molecular flexibility index (Phi) is 2.35. The molecule has 2 saturated carbocycles. The molecule has 1 aromatic rings. The van der Waals surface area contributed by atoms with Gasteiger partial charge in [-0.2, -0.15) is 4.37 Å². The predicted octanol–water partition coefficient (Wildman–Crippen LogP) is 2.72. The van der Waals surface area contributed by atoms with E-state index in [1.54, 1.807) is 0 Å². The van der Waals surface area contributed by atoms with Gasteiger partial charge in [-0.15, -0.1) is 0 Å². The zero-order valence-electron chi connectivity index (χ0n) is 8.45. The second kappa shape index (κ2) is 3.70. The first kappa shape index (κ1) is 9.51. The smallest absolute Gasteiger partial charge is 0.202 e.